The molecule has 1 heteroatoms. The van der Waals surface area contributed by atoms with Gasteiger partial charge in [0.1, 0.15) is 0 Å². The van der Waals surface area contributed by atoms with E-state index in [4.69, 9.17) is 0 Å². The summed E-state index contributed by atoms with van der Waals surface area (Å²) in [6.45, 7) is 2.08. The van der Waals surface area contributed by atoms with Crippen LogP contribution in [-0.2, 0) is 0 Å². The zero-order chi connectivity index (χ0) is 7.94. The van der Waals surface area contributed by atoms with Crippen molar-refractivity contribution in [2.24, 2.45) is 0 Å². The van der Waals surface area contributed by atoms with Gasteiger partial charge < -0.3 is 0 Å². The SMILES string of the molecule is CC=CC[SiH2]c1ccccc1. The van der Waals surface area contributed by atoms with Gasteiger partial charge in [0.15, 0.2) is 0 Å². The molecule has 0 aliphatic carbocycles. The Bertz CT molecular complexity index is 214. The minimum Gasteiger partial charge on any atom is -0.0920 e. The third kappa shape index (κ3) is 3.19. The summed E-state index contributed by atoms with van der Waals surface area (Å²) in [6.07, 6.45) is 4.40. The maximum atomic E-state index is 2.26. The third-order valence-corrected chi connectivity index (χ3v) is 3.35. The Balaban J connectivity index is 2.39. The average Bonchev–Trinajstić information content (AvgIpc) is 2.07. The average molecular weight is 162 g/mol. The summed E-state index contributed by atoms with van der Waals surface area (Å²) in [5, 5.41) is 1.56. The fourth-order valence-corrected chi connectivity index (χ4v) is 2.50. The Labute approximate surface area is 70.8 Å². The molecule has 0 bridgehead atoms. The monoisotopic (exact) mass is 162 g/mol. The van der Waals surface area contributed by atoms with Crippen molar-refractivity contribution >= 4 is 14.7 Å². The largest absolute Gasteiger partial charge is 0.0920 e. The fourth-order valence-electron chi connectivity index (χ4n) is 1.06. The van der Waals surface area contributed by atoms with E-state index >= 15 is 0 Å². The summed E-state index contributed by atoms with van der Waals surface area (Å²) in [6, 6.07) is 12.1. The first-order chi connectivity index (χ1) is 5.43. The second-order valence-electron chi connectivity index (χ2n) is 2.59. The van der Waals surface area contributed by atoms with Crippen molar-refractivity contribution in [1.82, 2.24) is 0 Å². The normalized spacial score (nSPS) is 11.7. The molecule has 1 aromatic carbocycles. The number of rotatable bonds is 3. The highest BCUT2D eigenvalue weighted by atomic mass is 28.2. The molecule has 0 heterocycles. The van der Waals surface area contributed by atoms with Crippen LogP contribution >= 0.6 is 0 Å². The molecule has 0 nitrogen and oxygen atoms in total. The van der Waals surface area contributed by atoms with E-state index in [1.54, 1.807) is 5.19 Å². The van der Waals surface area contributed by atoms with Crippen LogP contribution < -0.4 is 5.19 Å². The molecule has 0 saturated heterocycles. The Kier molecular flexibility index (Phi) is 3.69. The Morgan fingerprint density at radius 3 is 2.64 bits per heavy atom. The lowest BCUT2D eigenvalue weighted by molar-refractivity contribution is 1.61. The van der Waals surface area contributed by atoms with E-state index in [0.29, 0.717) is 0 Å². The van der Waals surface area contributed by atoms with Crippen molar-refractivity contribution in [3.05, 3.63) is 42.5 Å². The zero-order valence-corrected chi connectivity index (χ0v) is 8.37. The van der Waals surface area contributed by atoms with Gasteiger partial charge in [0, 0.05) is 0 Å². The van der Waals surface area contributed by atoms with Crippen LogP contribution in [0.1, 0.15) is 6.92 Å². The maximum absolute atomic E-state index is 2.26. The van der Waals surface area contributed by atoms with E-state index in [2.05, 4.69) is 49.4 Å². The molecule has 0 radical (unpaired) electrons. The zero-order valence-electron chi connectivity index (χ0n) is 6.96. The Morgan fingerprint density at radius 1 is 1.27 bits per heavy atom. The van der Waals surface area contributed by atoms with Crippen LogP contribution in [0.15, 0.2) is 42.5 Å². The molecule has 0 unspecified atom stereocenters. The van der Waals surface area contributed by atoms with Gasteiger partial charge >= 0.3 is 0 Å². The molecule has 0 N–H and O–H groups in total. The summed E-state index contributed by atoms with van der Waals surface area (Å²) < 4.78 is 0. The van der Waals surface area contributed by atoms with E-state index in [9.17, 15) is 0 Å². The molecule has 0 aromatic heterocycles. The lowest BCUT2D eigenvalue weighted by atomic mass is 10.4. The molecule has 0 aliphatic heterocycles. The van der Waals surface area contributed by atoms with Gasteiger partial charge in [0.05, 0.1) is 9.52 Å². The van der Waals surface area contributed by atoms with Crippen molar-refractivity contribution in [2.75, 3.05) is 0 Å². The molecule has 58 valence electrons. The minimum absolute atomic E-state index is 0.00921. The van der Waals surface area contributed by atoms with Crippen LogP contribution in [0.25, 0.3) is 0 Å². The highest BCUT2D eigenvalue weighted by Crippen LogP contribution is 1.85. The third-order valence-electron chi connectivity index (χ3n) is 1.68. The van der Waals surface area contributed by atoms with E-state index in [-0.39, 0.29) is 9.52 Å². The fraction of sp³-hybridized carbons (Fsp3) is 0.200. The molecule has 0 aliphatic rings. The highest BCUT2D eigenvalue weighted by molar-refractivity contribution is 6.53. The van der Waals surface area contributed by atoms with Crippen LogP contribution in [0, 0.1) is 0 Å². The standard InChI is InChI=1S/C10H14Si/c1-2-3-9-11-10-7-5-4-6-8-10/h2-8H,9,11H2,1H3. The molecule has 0 fully saturated rings. The van der Waals surface area contributed by atoms with E-state index < -0.39 is 0 Å². The molecule has 11 heavy (non-hydrogen) atoms. The topological polar surface area (TPSA) is 0 Å². The van der Waals surface area contributed by atoms with E-state index in [1.807, 2.05) is 0 Å². The first-order valence-corrected chi connectivity index (χ1v) is 5.79. The summed E-state index contributed by atoms with van der Waals surface area (Å²) >= 11 is 0. The van der Waals surface area contributed by atoms with Gasteiger partial charge in [-0.3, -0.25) is 0 Å². The quantitative estimate of drug-likeness (QED) is 0.466. The van der Waals surface area contributed by atoms with Crippen LogP contribution in [0.2, 0.25) is 6.04 Å². The van der Waals surface area contributed by atoms with Crippen molar-refractivity contribution < 1.29 is 0 Å². The summed E-state index contributed by atoms with van der Waals surface area (Å²) in [5.41, 5.74) is 0. The van der Waals surface area contributed by atoms with Crippen molar-refractivity contribution in [3.8, 4) is 0 Å². The molecule has 0 amide bonds. The van der Waals surface area contributed by atoms with Crippen molar-refractivity contribution in [1.29, 1.82) is 0 Å². The van der Waals surface area contributed by atoms with Gasteiger partial charge in [-0.05, 0) is 13.0 Å². The van der Waals surface area contributed by atoms with Crippen LogP contribution in [0.4, 0.5) is 0 Å². The smallest absolute Gasteiger partial charge is 0.0584 e. The predicted octanol–water partition coefficient (Wildman–Crippen LogP) is 1.48. The maximum Gasteiger partial charge on any atom is 0.0584 e. The second kappa shape index (κ2) is 4.91. The van der Waals surface area contributed by atoms with Gasteiger partial charge in [0.2, 0.25) is 0 Å². The summed E-state index contributed by atoms with van der Waals surface area (Å²) in [4.78, 5) is 0. The van der Waals surface area contributed by atoms with E-state index in [1.165, 1.54) is 6.04 Å². The Hall–Kier alpha value is -0.823. The van der Waals surface area contributed by atoms with E-state index in [0.717, 1.165) is 0 Å². The van der Waals surface area contributed by atoms with Crippen LogP contribution in [0.5, 0.6) is 0 Å². The number of hydrogen-bond donors (Lipinski definition) is 0. The van der Waals surface area contributed by atoms with Gasteiger partial charge in [-0.15, -0.1) is 0 Å². The van der Waals surface area contributed by atoms with Crippen LogP contribution in [0.3, 0.4) is 0 Å². The summed E-state index contributed by atoms with van der Waals surface area (Å²) in [7, 11) is -0.00921. The molecule has 0 atom stereocenters. The Morgan fingerprint density at radius 2 is 2.00 bits per heavy atom. The van der Waals surface area contributed by atoms with Crippen molar-refractivity contribution in [2.45, 2.75) is 13.0 Å². The van der Waals surface area contributed by atoms with Crippen LogP contribution in [-0.4, -0.2) is 9.52 Å². The van der Waals surface area contributed by atoms with Gasteiger partial charge in [-0.1, -0.05) is 47.7 Å². The minimum atomic E-state index is -0.00921. The van der Waals surface area contributed by atoms with Gasteiger partial charge in [0.25, 0.3) is 0 Å². The van der Waals surface area contributed by atoms with Crippen molar-refractivity contribution in [3.63, 3.8) is 0 Å². The second-order valence-corrected chi connectivity index (χ2v) is 4.49. The number of benzene rings is 1. The highest BCUT2D eigenvalue weighted by Gasteiger charge is 1.87. The first-order valence-electron chi connectivity index (χ1n) is 4.08. The first kappa shape index (κ1) is 8.28. The van der Waals surface area contributed by atoms with Gasteiger partial charge in [-0.25, -0.2) is 0 Å². The number of hydrogen-bond acceptors (Lipinski definition) is 0. The lowest BCUT2D eigenvalue weighted by Gasteiger charge is -1.94. The molecule has 0 saturated carbocycles. The molecule has 1 aromatic rings. The summed E-state index contributed by atoms with van der Waals surface area (Å²) in [5.74, 6) is 0. The molecule has 1 rings (SSSR count). The van der Waals surface area contributed by atoms with Gasteiger partial charge in [-0.2, -0.15) is 0 Å². The number of allylic oxidation sites excluding steroid dienone is 2. The predicted molar refractivity (Wildman–Crippen MR) is 54.2 cm³/mol. The molecular weight excluding hydrogens is 148 g/mol. The molecule has 0 spiro atoms. The molecular formula is C10H14Si. The lowest BCUT2D eigenvalue weighted by Crippen LogP contribution is -2.11.